The summed E-state index contributed by atoms with van der Waals surface area (Å²) < 4.78 is 4.61. The Kier molecular flexibility index (Phi) is 2.03. The third-order valence-electron chi connectivity index (χ3n) is 5.62. The maximum absolute atomic E-state index is 4.96. The molecule has 3 heterocycles. The predicted octanol–water partition coefficient (Wildman–Crippen LogP) is 5.64. The van der Waals surface area contributed by atoms with Gasteiger partial charge in [-0.1, -0.05) is 48.5 Å². The van der Waals surface area contributed by atoms with Crippen LogP contribution < -0.4 is 0 Å². The van der Waals surface area contributed by atoms with Crippen molar-refractivity contribution < 1.29 is 0 Å². The van der Waals surface area contributed by atoms with Crippen LogP contribution in [0.25, 0.3) is 54.9 Å². The molecule has 0 fully saturated rings. The molecule has 0 atom stereocenters. The Morgan fingerprint density at radius 2 is 1.35 bits per heavy atom. The molecular formula is C23H13N3. The molecule has 0 radical (unpaired) electrons. The topological polar surface area (TPSA) is 21.7 Å². The van der Waals surface area contributed by atoms with Crippen molar-refractivity contribution in [2.24, 2.45) is 0 Å². The Labute approximate surface area is 148 Å². The fourth-order valence-corrected chi connectivity index (χ4v) is 4.52. The van der Waals surface area contributed by atoms with Gasteiger partial charge in [0.05, 0.1) is 27.6 Å². The first-order chi connectivity index (χ1) is 12.9. The molecule has 0 amide bonds. The maximum Gasteiger partial charge on any atom is 0.220 e. The van der Waals surface area contributed by atoms with Crippen LogP contribution in [0.3, 0.4) is 0 Å². The highest BCUT2D eigenvalue weighted by molar-refractivity contribution is 6.18. The number of para-hydroxylation sites is 3. The van der Waals surface area contributed by atoms with E-state index in [-0.39, 0.29) is 0 Å². The average Bonchev–Trinajstić information content (AvgIpc) is 3.31. The molecule has 0 spiro atoms. The minimum atomic E-state index is 0.989. The van der Waals surface area contributed by atoms with Gasteiger partial charge in [0.25, 0.3) is 0 Å². The van der Waals surface area contributed by atoms with Crippen molar-refractivity contribution in [2.75, 3.05) is 0 Å². The Hall–Kier alpha value is -3.59. The van der Waals surface area contributed by atoms with Crippen molar-refractivity contribution in [1.29, 1.82) is 0 Å². The van der Waals surface area contributed by atoms with Crippen LogP contribution >= 0.6 is 0 Å². The van der Waals surface area contributed by atoms with E-state index in [1.165, 1.54) is 38.1 Å². The van der Waals surface area contributed by atoms with Crippen molar-refractivity contribution >= 4 is 54.9 Å². The lowest BCUT2D eigenvalue weighted by atomic mass is 10.1. The van der Waals surface area contributed by atoms with Crippen LogP contribution in [0, 0.1) is 0 Å². The van der Waals surface area contributed by atoms with E-state index in [4.69, 9.17) is 4.98 Å². The van der Waals surface area contributed by atoms with Crippen molar-refractivity contribution in [3.05, 3.63) is 78.9 Å². The normalized spacial score (nSPS) is 12.6. The third-order valence-corrected chi connectivity index (χ3v) is 5.62. The highest BCUT2D eigenvalue weighted by Gasteiger charge is 2.20. The molecule has 7 rings (SSSR count). The lowest BCUT2D eigenvalue weighted by molar-refractivity contribution is 1.22. The molecular weight excluding hydrogens is 318 g/mol. The van der Waals surface area contributed by atoms with Gasteiger partial charge in [-0.3, -0.25) is 8.80 Å². The summed E-state index contributed by atoms with van der Waals surface area (Å²) in [7, 11) is 0. The summed E-state index contributed by atoms with van der Waals surface area (Å²) in [6.45, 7) is 0. The lowest BCUT2D eigenvalue weighted by Gasteiger charge is -2.00. The van der Waals surface area contributed by atoms with E-state index in [0.717, 1.165) is 16.8 Å². The van der Waals surface area contributed by atoms with Crippen molar-refractivity contribution in [3.63, 3.8) is 0 Å². The Bertz CT molecular complexity index is 1630. The van der Waals surface area contributed by atoms with E-state index in [1.807, 2.05) is 6.07 Å². The number of imidazole rings is 2. The van der Waals surface area contributed by atoms with Gasteiger partial charge in [-0.2, -0.15) is 0 Å². The molecule has 0 bridgehead atoms. The summed E-state index contributed by atoms with van der Waals surface area (Å²) in [6.07, 6.45) is 0. The fourth-order valence-electron chi connectivity index (χ4n) is 4.52. The molecule has 0 N–H and O–H groups in total. The number of hydrogen-bond acceptors (Lipinski definition) is 1. The molecule has 0 aliphatic heterocycles. The molecule has 0 saturated heterocycles. The number of benzene rings is 4. The highest BCUT2D eigenvalue weighted by atomic mass is 15.2. The molecule has 7 aromatic rings. The van der Waals surface area contributed by atoms with Gasteiger partial charge in [0, 0.05) is 10.8 Å². The summed E-state index contributed by atoms with van der Waals surface area (Å²) in [6, 6.07) is 28.1. The average molecular weight is 331 g/mol. The van der Waals surface area contributed by atoms with E-state index in [1.54, 1.807) is 0 Å². The van der Waals surface area contributed by atoms with Crippen LogP contribution in [-0.2, 0) is 0 Å². The van der Waals surface area contributed by atoms with Crippen molar-refractivity contribution in [3.8, 4) is 0 Å². The van der Waals surface area contributed by atoms with E-state index in [2.05, 4.69) is 81.6 Å². The molecule has 3 aromatic heterocycles. The van der Waals surface area contributed by atoms with Crippen LogP contribution in [0.15, 0.2) is 78.9 Å². The maximum atomic E-state index is 4.96. The molecule has 3 heteroatoms. The number of nitrogens with zero attached hydrogens (tertiary/aromatic N) is 3. The van der Waals surface area contributed by atoms with Crippen molar-refractivity contribution in [1.82, 2.24) is 13.8 Å². The van der Waals surface area contributed by atoms with Gasteiger partial charge in [0.2, 0.25) is 5.78 Å². The van der Waals surface area contributed by atoms with Crippen LogP contribution in [0.1, 0.15) is 0 Å². The van der Waals surface area contributed by atoms with Crippen LogP contribution in [0.4, 0.5) is 0 Å². The molecule has 4 aromatic carbocycles. The van der Waals surface area contributed by atoms with E-state index < -0.39 is 0 Å². The molecule has 120 valence electrons. The second-order valence-electron chi connectivity index (χ2n) is 6.96. The highest BCUT2D eigenvalue weighted by Crippen LogP contribution is 2.37. The monoisotopic (exact) mass is 331 g/mol. The molecule has 26 heavy (non-hydrogen) atoms. The zero-order chi connectivity index (χ0) is 16.8. The molecule has 0 aliphatic rings. The summed E-state index contributed by atoms with van der Waals surface area (Å²) in [5.41, 5.74) is 5.89. The smallest absolute Gasteiger partial charge is 0.220 e. The Balaban J connectivity index is 1.87. The van der Waals surface area contributed by atoms with Gasteiger partial charge in [-0.15, -0.1) is 0 Å². The zero-order valence-corrected chi connectivity index (χ0v) is 13.8. The molecule has 0 aliphatic carbocycles. The minimum absolute atomic E-state index is 0.989. The summed E-state index contributed by atoms with van der Waals surface area (Å²) >= 11 is 0. The van der Waals surface area contributed by atoms with Gasteiger partial charge in [0.15, 0.2) is 0 Å². The lowest BCUT2D eigenvalue weighted by Crippen LogP contribution is -1.84. The third kappa shape index (κ3) is 1.32. The van der Waals surface area contributed by atoms with Crippen LogP contribution in [-0.4, -0.2) is 13.8 Å². The molecule has 0 unspecified atom stereocenters. The first-order valence-corrected chi connectivity index (χ1v) is 8.84. The number of aromatic nitrogens is 3. The minimum Gasteiger partial charge on any atom is -0.277 e. The van der Waals surface area contributed by atoms with Gasteiger partial charge in [-0.05, 0) is 41.1 Å². The van der Waals surface area contributed by atoms with Gasteiger partial charge < -0.3 is 0 Å². The van der Waals surface area contributed by atoms with E-state index in [0.29, 0.717) is 0 Å². The molecule has 0 saturated carbocycles. The first-order valence-electron chi connectivity index (χ1n) is 8.84. The second kappa shape index (κ2) is 4.14. The predicted molar refractivity (Wildman–Crippen MR) is 107 cm³/mol. The van der Waals surface area contributed by atoms with E-state index >= 15 is 0 Å². The molecule has 3 nitrogen and oxygen atoms in total. The Morgan fingerprint density at radius 3 is 2.27 bits per heavy atom. The van der Waals surface area contributed by atoms with E-state index in [9.17, 15) is 0 Å². The standard InChI is InChI=1S/C23H13N3/c1-2-7-15-13-21-17(12-14(15)6-1)16-8-5-11-20-22(16)26(21)23-24-18-9-3-4-10-19(18)25(20)23/h1-13H. The quantitative estimate of drug-likeness (QED) is 0.352. The SMILES string of the molecule is c1ccc2cc3c(cc2c1)c1cccc2c1n3c1nc3ccccc3n21. The van der Waals surface area contributed by atoms with Crippen LogP contribution in [0.2, 0.25) is 0 Å². The van der Waals surface area contributed by atoms with Crippen molar-refractivity contribution in [2.45, 2.75) is 0 Å². The summed E-state index contributed by atoms with van der Waals surface area (Å²) in [5, 5.41) is 5.12. The second-order valence-corrected chi connectivity index (χ2v) is 6.96. The zero-order valence-electron chi connectivity index (χ0n) is 13.8. The fraction of sp³-hybridized carbons (Fsp3) is 0. The van der Waals surface area contributed by atoms with Gasteiger partial charge in [0.1, 0.15) is 0 Å². The summed E-state index contributed by atoms with van der Waals surface area (Å²) in [4.78, 5) is 4.96. The largest absolute Gasteiger partial charge is 0.277 e. The van der Waals surface area contributed by atoms with Gasteiger partial charge >= 0.3 is 0 Å². The Morgan fingerprint density at radius 1 is 0.577 bits per heavy atom. The summed E-state index contributed by atoms with van der Waals surface area (Å²) in [5.74, 6) is 0.989. The first kappa shape index (κ1) is 12.7. The number of hydrogen-bond donors (Lipinski definition) is 0. The number of rotatable bonds is 0. The van der Waals surface area contributed by atoms with Crippen LogP contribution in [0.5, 0.6) is 0 Å². The number of fused-ring (bicyclic) bond motifs is 9. The van der Waals surface area contributed by atoms with Gasteiger partial charge in [-0.25, -0.2) is 4.98 Å².